The fraction of sp³-hybridized carbons (Fsp3) is 1.00. The Labute approximate surface area is 136 Å². The smallest absolute Gasteiger partial charge is 0.160 e. The predicted octanol–water partition coefficient (Wildman–Crippen LogP) is 4.40. The Morgan fingerprint density at radius 2 is 1.32 bits per heavy atom. The summed E-state index contributed by atoms with van der Waals surface area (Å²) in [5, 5.41) is 0. The number of hydrogen-bond donors (Lipinski definition) is 0. The highest BCUT2D eigenvalue weighted by Crippen LogP contribution is 2.33. The lowest BCUT2D eigenvalue weighted by atomic mass is 9.82. The first-order chi connectivity index (χ1) is 10.7. The van der Waals surface area contributed by atoms with E-state index in [0.29, 0.717) is 5.92 Å². The van der Waals surface area contributed by atoms with Crippen molar-refractivity contribution in [1.29, 1.82) is 0 Å². The van der Waals surface area contributed by atoms with Gasteiger partial charge < -0.3 is 14.2 Å². The van der Waals surface area contributed by atoms with E-state index in [9.17, 15) is 0 Å². The van der Waals surface area contributed by atoms with E-state index in [-0.39, 0.29) is 12.4 Å². The molecular formula is C19H34O3. The zero-order chi connectivity index (χ0) is 15.4. The van der Waals surface area contributed by atoms with Crippen LogP contribution in [0.25, 0.3) is 0 Å². The lowest BCUT2D eigenvalue weighted by molar-refractivity contribution is -0.251. The van der Waals surface area contributed by atoms with Crippen LogP contribution < -0.4 is 0 Å². The van der Waals surface area contributed by atoms with Gasteiger partial charge in [-0.05, 0) is 43.4 Å². The molecule has 1 aliphatic heterocycles. The fourth-order valence-corrected chi connectivity index (χ4v) is 4.19. The number of ether oxygens (including phenoxy) is 3. The average molecular weight is 310 g/mol. The molecule has 3 aliphatic rings. The van der Waals surface area contributed by atoms with E-state index in [0.717, 1.165) is 37.6 Å². The molecule has 3 nitrogen and oxygen atoms in total. The Bertz CT molecular complexity index is 309. The van der Waals surface area contributed by atoms with Crippen LogP contribution in [0.15, 0.2) is 0 Å². The second-order valence-electron chi connectivity index (χ2n) is 8.14. The largest absolute Gasteiger partial charge is 0.373 e. The van der Waals surface area contributed by atoms with Gasteiger partial charge in [-0.2, -0.15) is 0 Å². The van der Waals surface area contributed by atoms with Crippen molar-refractivity contribution in [3.63, 3.8) is 0 Å². The van der Waals surface area contributed by atoms with Crippen molar-refractivity contribution in [2.45, 2.75) is 77.6 Å². The summed E-state index contributed by atoms with van der Waals surface area (Å²) in [5.74, 6) is 3.16. The van der Waals surface area contributed by atoms with Crippen molar-refractivity contribution in [3.05, 3.63) is 0 Å². The molecule has 3 fully saturated rings. The van der Waals surface area contributed by atoms with Gasteiger partial charge in [0, 0.05) is 12.5 Å². The zero-order valence-electron chi connectivity index (χ0n) is 14.5. The molecule has 0 unspecified atom stereocenters. The van der Waals surface area contributed by atoms with Crippen LogP contribution in [0.2, 0.25) is 0 Å². The summed E-state index contributed by atoms with van der Waals surface area (Å²) < 4.78 is 18.0. The van der Waals surface area contributed by atoms with Gasteiger partial charge in [0.25, 0.3) is 0 Å². The van der Waals surface area contributed by atoms with Crippen molar-refractivity contribution in [1.82, 2.24) is 0 Å². The minimum absolute atomic E-state index is 0.0304. The van der Waals surface area contributed by atoms with Crippen molar-refractivity contribution >= 4 is 0 Å². The van der Waals surface area contributed by atoms with Crippen LogP contribution in [0.4, 0.5) is 0 Å². The number of rotatable bonds is 4. The van der Waals surface area contributed by atoms with Crippen LogP contribution in [-0.2, 0) is 14.2 Å². The molecule has 0 aromatic rings. The Morgan fingerprint density at radius 1 is 0.773 bits per heavy atom. The maximum Gasteiger partial charge on any atom is 0.160 e. The lowest BCUT2D eigenvalue weighted by Crippen LogP contribution is -2.42. The molecule has 2 saturated carbocycles. The molecule has 0 aromatic carbocycles. The van der Waals surface area contributed by atoms with Crippen LogP contribution in [-0.4, -0.2) is 32.2 Å². The average Bonchev–Trinajstić information content (AvgIpc) is 2.56. The predicted molar refractivity (Wildman–Crippen MR) is 87.7 cm³/mol. The molecule has 3 rings (SSSR count). The quantitative estimate of drug-likeness (QED) is 0.770. The third-order valence-corrected chi connectivity index (χ3v) is 6.04. The Morgan fingerprint density at radius 3 is 1.91 bits per heavy atom. The van der Waals surface area contributed by atoms with E-state index < -0.39 is 0 Å². The monoisotopic (exact) mass is 310 g/mol. The van der Waals surface area contributed by atoms with Crippen molar-refractivity contribution < 1.29 is 14.2 Å². The molecule has 0 amide bonds. The van der Waals surface area contributed by atoms with Gasteiger partial charge >= 0.3 is 0 Å². The first-order valence-corrected chi connectivity index (χ1v) is 9.55. The van der Waals surface area contributed by atoms with E-state index in [1.54, 1.807) is 0 Å². The molecule has 0 spiro atoms. The molecule has 0 bridgehead atoms. The third kappa shape index (κ3) is 4.69. The molecule has 0 aromatic heterocycles. The van der Waals surface area contributed by atoms with Crippen LogP contribution in [0.3, 0.4) is 0 Å². The molecule has 22 heavy (non-hydrogen) atoms. The van der Waals surface area contributed by atoms with Crippen molar-refractivity contribution in [2.24, 2.45) is 23.7 Å². The van der Waals surface area contributed by atoms with Crippen molar-refractivity contribution in [3.8, 4) is 0 Å². The summed E-state index contributed by atoms with van der Waals surface area (Å²) in [6.07, 6.45) is 10.8. The van der Waals surface area contributed by atoms with Crippen molar-refractivity contribution in [2.75, 3.05) is 19.8 Å². The Kier molecular flexibility index (Phi) is 6.17. The summed E-state index contributed by atoms with van der Waals surface area (Å²) in [7, 11) is 0. The molecule has 1 saturated heterocycles. The maximum absolute atomic E-state index is 6.06. The first-order valence-electron chi connectivity index (χ1n) is 9.55. The van der Waals surface area contributed by atoms with Crippen LogP contribution >= 0.6 is 0 Å². The standard InChI is InChI=1S/C19H34O3/c1-14-3-7-16(8-4-14)11-20-18-12-21-19(22-13-18)17-9-5-15(2)6-10-17/h14-19H,3-13H2,1-2H3. The van der Waals surface area contributed by atoms with Gasteiger partial charge in [0.05, 0.1) is 13.2 Å². The molecular weight excluding hydrogens is 276 g/mol. The molecule has 3 heteroatoms. The summed E-state index contributed by atoms with van der Waals surface area (Å²) in [6, 6.07) is 0. The molecule has 0 atom stereocenters. The second kappa shape index (κ2) is 8.12. The minimum Gasteiger partial charge on any atom is -0.373 e. The molecule has 1 heterocycles. The van der Waals surface area contributed by atoms with E-state index in [1.807, 2.05) is 0 Å². The first kappa shape index (κ1) is 16.7. The zero-order valence-corrected chi connectivity index (χ0v) is 14.5. The third-order valence-electron chi connectivity index (χ3n) is 6.04. The van der Waals surface area contributed by atoms with Crippen LogP contribution in [0.5, 0.6) is 0 Å². The van der Waals surface area contributed by atoms with Gasteiger partial charge in [-0.1, -0.05) is 39.5 Å². The van der Waals surface area contributed by atoms with E-state index in [4.69, 9.17) is 14.2 Å². The van der Waals surface area contributed by atoms with Gasteiger partial charge in [-0.15, -0.1) is 0 Å². The summed E-state index contributed by atoms with van der Waals surface area (Å²) in [5.41, 5.74) is 0. The minimum atomic E-state index is 0.0304. The highest BCUT2D eigenvalue weighted by Gasteiger charge is 2.32. The number of hydrogen-bond acceptors (Lipinski definition) is 3. The van der Waals surface area contributed by atoms with Gasteiger partial charge in [-0.25, -0.2) is 0 Å². The van der Waals surface area contributed by atoms with Crippen LogP contribution in [0, 0.1) is 23.7 Å². The highest BCUT2D eigenvalue weighted by atomic mass is 16.7. The second-order valence-corrected chi connectivity index (χ2v) is 8.14. The Balaban J connectivity index is 1.32. The highest BCUT2D eigenvalue weighted by molar-refractivity contribution is 4.76. The summed E-state index contributed by atoms with van der Waals surface area (Å²) >= 11 is 0. The van der Waals surface area contributed by atoms with Gasteiger partial charge in [0.1, 0.15) is 6.10 Å². The molecule has 2 aliphatic carbocycles. The van der Waals surface area contributed by atoms with E-state index in [1.165, 1.54) is 51.4 Å². The molecule has 0 radical (unpaired) electrons. The lowest BCUT2D eigenvalue weighted by Gasteiger charge is -2.37. The van der Waals surface area contributed by atoms with E-state index in [2.05, 4.69) is 13.8 Å². The topological polar surface area (TPSA) is 27.7 Å². The molecule has 128 valence electrons. The maximum atomic E-state index is 6.06. The Hall–Kier alpha value is -0.120. The fourth-order valence-electron chi connectivity index (χ4n) is 4.19. The summed E-state index contributed by atoms with van der Waals surface area (Å²) in [4.78, 5) is 0. The molecule has 0 N–H and O–H groups in total. The SMILES string of the molecule is CC1CCC(COC2COC(C3CCC(C)CC3)OC2)CC1. The van der Waals surface area contributed by atoms with Gasteiger partial charge in [0.2, 0.25) is 0 Å². The normalized spacial score (nSPS) is 43.9. The summed E-state index contributed by atoms with van der Waals surface area (Å²) in [6.45, 7) is 7.07. The van der Waals surface area contributed by atoms with Crippen LogP contribution in [0.1, 0.15) is 65.2 Å². The van der Waals surface area contributed by atoms with Gasteiger partial charge in [0.15, 0.2) is 6.29 Å². The van der Waals surface area contributed by atoms with E-state index >= 15 is 0 Å². The van der Waals surface area contributed by atoms with Gasteiger partial charge in [-0.3, -0.25) is 0 Å².